The Balaban J connectivity index is 1.89. The van der Waals surface area contributed by atoms with Crippen LogP contribution in [0.5, 0.6) is 0 Å². The Hall–Kier alpha value is -1.58. The van der Waals surface area contributed by atoms with Crippen molar-refractivity contribution in [1.29, 1.82) is 0 Å². The zero-order valence-corrected chi connectivity index (χ0v) is 9.74. The third-order valence-electron chi connectivity index (χ3n) is 4.04. The normalized spacial score (nSPS) is 20.9. The lowest BCUT2D eigenvalue weighted by atomic mass is 9.80. The lowest BCUT2D eigenvalue weighted by molar-refractivity contribution is -0.384. The van der Waals surface area contributed by atoms with Gasteiger partial charge in [0.15, 0.2) is 0 Å². The first-order valence-corrected chi connectivity index (χ1v) is 6.24. The van der Waals surface area contributed by atoms with Gasteiger partial charge in [-0.2, -0.15) is 0 Å². The van der Waals surface area contributed by atoms with Crippen molar-refractivity contribution in [3.8, 4) is 0 Å². The number of anilines is 1. The van der Waals surface area contributed by atoms with E-state index in [1.807, 2.05) is 6.07 Å². The molecule has 4 heteroatoms. The van der Waals surface area contributed by atoms with Gasteiger partial charge < -0.3 is 5.32 Å². The van der Waals surface area contributed by atoms with Crippen LogP contribution in [0.4, 0.5) is 11.4 Å². The van der Waals surface area contributed by atoms with Gasteiger partial charge >= 0.3 is 0 Å². The largest absolute Gasteiger partial charge is 0.379 e. The molecule has 2 aliphatic rings. The van der Waals surface area contributed by atoms with Gasteiger partial charge in [0.05, 0.1) is 4.92 Å². The van der Waals surface area contributed by atoms with E-state index in [1.165, 1.54) is 37.7 Å². The smallest absolute Gasteiger partial charge is 0.271 e. The Morgan fingerprint density at radius 2 is 2.00 bits per heavy atom. The fourth-order valence-electron chi connectivity index (χ4n) is 3.17. The van der Waals surface area contributed by atoms with Gasteiger partial charge in [-0.1, -0.05) is 25.3 Å². The van der Waals surface area contributed by atoms with E-state index in [0.29, 0.717) is 0 Å². The predicted octanol–water partition coefficient (Wildman–Crippen LogP) is 3.27. The number of hydrogen-bond acceptors (Lipinski definition) is 3. The molecule has 1 aromatic carbocycles. The quantitative estimate of drug-likeness (QED) is 0.597. The van der Waals surface area contributed by atoms with E-state index in [9.17, 15) is 10.1 Å². The molecular formula is C13H16N2O2. The highest BCUT2D eigenvalue weighted by molar-refractivity contribution is 5.63. The van der Waals surface area contributed by atoms with Crippen molar-refractivity contribution >= 4 is 11.4 Å². The summed E-state index contributed by atoms with van der Waals surface area (Å²) in [6.07, 6.45) is 7.26. The minimum atomic E-state index is -0.326. The topological polar surface area (TPSA) is 55.2 Å². The average molecular weight is 232 g/mol. The molecule has 1 aromatic rings. The van der Waals surface area contributed by atoms with Gasteiger partial charge in [0, 0.05) is 23.4 Å². The third-order valence-corrected chi connectivity index (χ3v) is 4.04. The molecule has 90 valence electrons. The number of rotatable bonds is 1. The van der Waals surface area contributed by atoms with Crippen LogP contribution in [0.15, 0.2) is 18.2 Å². The Labute approximate surface area is 100 Å². The fraction of sp³-hybridized carbons (Fsp3) is 0.538. The van der Waals surface area contributed by atoms with E-state index in [-0.39, 0.29) is 16.1 Å². The summed E-state index contributed by atoms with van der Waals surface area (Å²) in [6, 6.07) is 5.20. The minimum Gasteiger partial charge on any atom is -0.379 e. The molecule has 0 radical (unpaired) electrons. The first-order chi connectivity index (χ1) is 8.19. The molecule has 1 aliphatic heterocycles. The summed E-state index contributed by atoms with van der Waals surface area (Å²) in [6.45, 7) is 0. The van der Waals surface area contributed by atoms with Gasteiger partial charge in [0.25, 0.3) is 5.69 Å². The van der Waals surface area contributed by atoms with Crippen LogP contribution in [0.25, 0.3) is 0 Å². The minimum absolute atomic E-state index is 0.184. The number of fused-ring (bicyclic) bond motifs is 1. The number of nitro groups is 1. The van der Waals surface area contributed by atoms with Crippen LogP contribution < -0.4 is 5.32 Å². The zero-order chi connectivity index (χ0) is 11.9. The Morgan fingerprint density at radius 1 is 1.24 bits per heavy atom. The van der Waals surface area contributed by atoms with Crippen LogP contribution in [0, 0.1) is 10.1 Å². The van der Waals surface area contributed by atoms with Gasteiger partial charge in [-0.3, -0.25) is 10.1 Å². The molecule has 1 N–H and O–H groups in total. The van der Waals surface area contributed by atoms with Crippen LogP contribution in [-0.2, 0) is 6.42 Å². The summed E-state index contributed by atoms with van der Waals surface area (Å²) in [5, 5.41) is 14.3. The fourth-order valence-corrected chi connectivity index (χ4v) is 3.17. The SMILES string of the molecule is O=[N+]([O-])c1ccc2c(c1)NC1(CCCCC1)C2. The molecule has 1 spiro atoms. The van der Waals surface area contributed by atoms with Gasteiger partial charge in [0.1, 0.15) is 0 Å². The van der Waals surface area contributed by atoms with E-state index in [1.54, 1.807) is 12.1 Å². The van der Waals surface area contributed by atoms with Crippen LogP contribution >= 0.6 is 0 Å². The van der Waals surface area contributed by atoms with E-state index in [2.05, 4.69) is 5.32 Å². The van der Waals surface area contributed by atoms with E-state index in [0.717, 1.165) is 12.1 Å². The lowest BCUT2D eigenvalue weighted by Gasteiger charge is -2.34. The molecule has 3 rings (SSSR count). The highest BCUT2D eigenvalue weighted by atomic mass is 16.6. The summed E-state index contributed by atoms with van der Waals surface area (Å²) < 4.78 is 0. The number of hydrogen-bond donors (Lipinski definition) is 1. The number of non-ortho nitro benzene ring substituents is 1. The van der Waals surface area contributed by atoms with E-state index >= 15 is 0 Å². The molecule has 1 heterocycles. The van der Waals surface area contributed by atoms with E-state index in [4.69, 9.17) is 0 Å². The van der Waals surface area contributed by atoms with Crippen molar-refractivity contribution in [1.82, 2.24) is 0 Å². The molecule has 0 saturated heterocycles. The summed E-state index contributed by atoms with van der Waals surface area (Å²) in [5.41, 5.74) is 2.58. The summed E-state index contributed by atoms with van der Waals surface area (Å²) >= 11 is 0. The first kappa shape index (κ1) is 10.6. The van der Waals surface area contributed by atoms with E-state index < -0.39 is 0 Å². The van der Waals surface area contributed by atoms with Crippen molar-refractivity contribution in [2.45, 2.75) is 44.1 Å². The molecule has 1 fully saturated rings. The number of nitrogens with zero attached hydrogens (tertiary/aromatic N) is 1. The number of benzene rings is 1. The maximum Gasteiger partial charge on any atom is 0.271 e. The van der Waals surface area contributed by atoms with Gasteiger partial charge in [0.2, 0.25) is 0 Å². The molecular weight excluding hydrogens is 216 g/mol. The zero-order valence-electron chi connectivity index (χ0n) is 9.74. The van der Waals surface area contributed by atoms with Gasteiger partial charge in [-0.05, 0) is 24.8 Å². The summed E-state index contributed by atoms with van der Waals surface area (Å²) in [7, 11) is 0. The summed E-state index contributed by atoms with van der Waals surface area (Å²) in [5.74, 6) is 0. The van der Waals surface area contributed by atoms with Crippen LogP contribution in [-0.4, -0.2) is 10.5 Å². The van der Waals surface area contributed by atoms with Crippen LogP contribution in [0.2, 0.25) is 0 Å². The summed E-state index contributed by atoms with van der Waals surface area (Å²) in [4.78, 5) is 10.4. The second-order valence-electron chi connectivity index (χ2n) is 5.24. The standard InChI is InChI=1S/C13H16N2O2/c16-15(17)11-5-4-10-9-13(14-12(10)8-11)6-2-1-3-7-13/h4-5,8,14H,1-3,6-7,9H2. The highest BCUT2D eigenvalue weighted by Gasteiger charge is 2.38. The molecule has 0 unspecified atom stereocenters. The molecule has 17 heavy (non-hydrogen) atoms. The van der Waals surface area contributed by atoms with Crippen molar-refractivity contribution in [2.75, 3.05) is 5.32 Å². The molecule has 0 amide bonds. The molecule has 4 nitrogen and oxygen atoms in total. The van der Waals surface area contributed by atoms with Crippen molar-refractivity contribution in [2.24, 2.45) is 0 Å². The van der Waals surface area contributed by atoms with Crippen LogP contribution in [0.3, 0.4) is 0 Å². The molecule has 0 bridgehead atoms. The third kappa shape index (κ3) is 1.77. The Morgan fingerprint density at radius 3 is 2.71 bits per heavy atom. The second kappa shape index (κ2) is 3.72. The second-order valence-corrected chi connectivity index (χ2v) is 5.24. The monoisotopic (exact) mass is 232 g/mol. The first-order valence-electron chi connectivity index (χ1n) is 6.24. The molecule has 0 atom stereocenters. The number of nitrogens with one attached hydrogen (secondary N) is 1. The Kier molecular flexibility index (Phi) is 2.31. The maximum absolute atomic E-state index is 10.7. The van der Waals surface area contributed by atoms with Crippen LogP contribution in [0.1, 0.15) is 37.7 Å². The lowest BCUT2D eigenvalue weighted by Crippen LogP contribution is -2.38. The number of nitro benzene ring substituents is 1. The van der Waals surface area contributed by atoms with Crippen molar-refractivity contribution in [3.05, 3.63) is 33.9 Å². The van der Waals surface area contributed by atoms with Crippen molar-refractivity contribution < 1.29 is 4.92 Å². The molecule has 0 aromatic heterocycles. The Bertz CT molecular complexity index is 464. The van der Waals surface area contributed by atoms with Crippen molar-refractivity contribution in [3.63, 3.8) is 0 Å². The highest BCUT2D eigenvalue weighted by Crippen LogP contribution is 2.42. The molecule has 1 saturated carbocycles. The molecule has 1 aliphatic carbocycles. The maximum atomic E-state index is 10.7. The van der Waals surface area contributed by atoms with Gasteiger partial charge in [-0.15, -0.1) is 0 Å². The average Bonchev–Trinajstić information content (AvgIpc) is 2.66. The van der Waals surface area contributed by atoms with Gasteiger partial charge in [-0.25, -0.2) is 0 Å². The predicted molar refractivity (Wildman–Crippen MR) is 66.2 cm³/mol.